The Labute approximate surface area is 157 Å². The molecule has 0 aliphatic carbocycles. The number of rotatable bonds is 4. The number of benzene rings is 1. The third-order valence-corrected chi connectivity index (χ3v) is 4.90. The third-order valence-electron chi connectivity index (χ3n) is 4.90. The molecule has 136 valence electrons. The van der Waals surface area contributed by atoms with Crippen molar-refractivity contribution in [1.82, 2.24) is 25.2 Å². The van der Waals surface area contributed by atoms with E-state index in [0.717, 1.165) is 43.6 Å². The molecule has 0 spiro atoms. The van der Waals surface area contributed by atoms with Crippen LogP contribution in [0.4, 0.5) is 0 Å². The van der Waals surface area contributed by atoms with Crippen molar-refractivity contribution < 1.29 is 4.79 Å². The molecule has 3 aromatic rings. The number of likely N-dealkylation sites (tertiary alicyclic amines) is 1. The molecule has 0 atom stereocenters. The quantitative estimate of drug-likeness (QED) is 0.743. The normalized spacial score (nSPS) is 15.5. The molecule has 0 radical (unpaired) electrons. The lowest BCUT2D eigenvalue weighted by Gasteiger charge is -2.32. The van der Waals surface area contributed by atoms with Crippen LogP contribution >= 0.6 is 0 Å². The van der Waals surface area contributed by atoms with E-state index >= 15 is 0 Å². The Kier molecular flexibility index (Phi) is 4.81. The van der Waals surface area contributed by atoms with Gasteiger partial charge in [0.25, 0.3) is 5.91 Å². The van der Waals surface area contributed by atoms with Crippen molar-refractivity contribution in [2.45, 2.75) is 25.4 Å². The van der Waals surface area contributed by atoms with Crippen LogP contribution in [0.15, 0.2) is 42.7 Å². The van der Waals surface area contributed by atoms with Gasteiger partial charge in [0.05, 0.1) is 23.5 Å². The highest BCUT2D eigenvalue weighted by Gasteiger charge is 2.22. The molecule has 2 N–H and O–H groups in total. The number of hydrogen-bond donors (Lipinski definition) is 2. The number of aromatic amines is 1. The number of piperidine rings is 1. The van der Waals surface area contributed by atoms with Gasteiger partial charge in [-0.25, -0.2) is 9.97 Å². The van der Waals surface area contributed by atoms with Gasteiger partial charge in [0, 0.05) is 25.7 Å². The van der Waals surface area contributed by atoms with Crippen molar-refractivity contribution >= 4 is 17.1 Å². The number of carbonyl (C=O) groups is 1. The Hall–Kier alpha value is -3.24. The number of imidazole rings is 1. The van der Waals surface area contributed by atoms with Crippen LogP contribution in [0, 0.1) is 11.3 Å². The van der Waals surface area contributed by atoms with Crippen LogP contribution in [-0.4, -0.2) is 44.9 Å². The van der Waals surface area contributed by atoms with Crippen LogP contribution in [0.1, 0.15) is 34.5 Å². The highest BCUT2D eigenvalue weighted by atomic mass is 16.1. The van der Waals surface area contributed by atoms with E-state index in [9.17, 15) is 4.79 Å². The van der Waals surface area contributed by atoms with Crippen molar-refractivity contribution in [2.24, 2.45) is 0 Å². The maximum Gasteiger partial charge on any atom is 0.270 e. The first-order valence-electron chi connectivity index (χ1n) is 9.03. The first-order chi connectivity index (χ1) is 13.2. The van der Waals surface area contributed by atoms with E-state index in [0.29, 0.717) is 16.9 Å². The van der Waals surface area contributed by atoms with Crippen LogP contribution in [-0.2, 0) is 6.54 Å². The summed E-state index contributed by atoms with van der Waals surface area (Å²) in [5, 5.41) is 12.1. The largest absolute Gasteiger partial charge is 0.348 e. The summed E-state index contributed by atoms with van der Waals surface area (Å²) in [6, 6.07) is 13.6. The lowest BCUT2D eigenvalue weighted by molar-refractivity contribution is 0.0904. The summed E-state index contributed by atoms with van der Waals surface area (Å²) in [4.78, 5) is 26.2. The molecular formula is C20H20N6O. The van der Waals surface area contributed by atoms with E-state index in [2.05, 4.69) is 31.2 Å². The van der Waals surface area contributed by atoms with Gasteiger partial charge in [-0.1, -0.05) is 12.1 Å². The Morgan fingerprint density at radius 3 is 2.96 bits per heavy atom. The smallest absolute Gasteiger partial charge is 0.270 e. The summed E-state index contributed by atoms with van der Waals surface area (Å²) >= 11 is 0. The van der Waals surface area contributed by atoms with E-state index in [-0.39, 0.29) is 11.9 Å². The summed E-state index contributed by atoms with van der Waals surface area (Å²) < 4.78 is 0. The van der Waals surface area contributed by atoms with Crippen molar-refractivity contribution in [2.75, 3.05) is 13.1 Å². The van der Waals surface area contributed by atoms with Gasteiger partial charge in [-0.05, 0) is 42.7 Å². The van der Waals surface area contributed by atoms with Crippen LogP contribution in [0.2, 0.25) is 0 Å². The minimum absolute atomic E-state index is 0.149. The SMILES string of the molecule is N#Cc1cccc(CN2CCC(NC(=O)c3ccc4[nH]cnc4n3)CC2)c1. The van der Waals surface area contributed by atoms with Crippen LogP contribution in [0.3, 0.4) is 0 Å². The lowest BCUT2D eigenvalue weighted by atomic mass is 10.0. The average molecular weight is 360 g/mol. The zero-order valence-electron chi connectivity index (χ0n) is 14.9. The Balaban J connectivity index is 1.31. The van der Waals surface area contributed by atoms with Gasteiger partial charge in [-0.3, -0.25) is 9.69 Å². The molecule has 1 aliphatic heterocycles. The Morgan fingerprint density at radius 2 is 2.15 bits per heavy atom. The summed E-state index contributed by atoms with van der Waals surface area (Å²) in [6.45, 7) is 2.65. The molecule has 7 nitrogen and oxygen atoms in total. The van der Waals surface area contributed by atoms with Gasteiger partial charge in [-0.15, -0.1) is 0 Å². The van der Waals surface area contributed by atoms with Gasteiger partial charge in [0.15, 0.2) is 5.65 Å². The third kappa shape index (κ3) is 3.96. The molecule has 1 saturated heterocycles. The molecule has 27 heavy (non-hydrogen) atoms. The number of pyridine rings is 1. The molecule has 7 heteroatoms. The number of fused-ring (bicyclic) bond motifs is 1. The summed E-state index contributed by atoms with van der Waals surface area (Å²) in [5.74, 6) is -0.153. The first-order valence-corrected chi connectivity index (χ1v) is 9.03. The standard InChI is InChI=1S/C20H20N6O/c21-11-14-2-1-3-15(10-14)12-26-8-6-16(7-9-26)24-20(27)18-5-4-17-19(25-18)23-13-22-17/h1-5,10,13,16H,6-9,12H2,(H,24,27)(H,22,23,25). The van der Waals surface area contributed by atoms with E-state index in [4.69, 9.17) is 5.26 Å². The maximum absolute atomic E-state index is 12.5. The first kappa shape index (κ1) is 17.2. The molecule has 1 amide bonds. The predicted molar refractivity (Wildman–Crippen MR) is 101 cm³/mol. The summed E-state index contributed by atoms with van der Waals surface area (Å²) in [5.41, 5.74) is 3.60. The second-order valence-electron chi connectivity index (χ2n) is 6.81. The predicted octanol–water partition coefficient (Wildman–Crippen LogP) is 2.22. The fraction of sp³-hybridized carbons (Fsp3) is 0.300. The number of nitrogens with one attached hydrogen (secondary N) is 2. The zero-order chi connectivity index (χ0) is 18.6. The topological polar surface area (TPSA) is 97.7 Å². The van der Waals surface area contributed by atoms with Gasteiger partial charge in [0.2, 0.25) is 0 Å². The van der Waals surface area contributed by atoms with Gasteiger partial charge < -0.3 is 10.3 Å². The van der Waals surface area contributed by atoms with Crippen LogP contribution in [0.5, 0.6) is 0 Å². The van der Waals surface area contributed by atoms with Gasteiger partial charge in [0.1, 0.15) is 5.69 Å². The average Bonchev–Trinajstić information content (AvgIpc) is 3.17. The molecule has 1 fully saturated rings. The number of nitriles is 1. The number of amides is 1. The van der Waals surface area contributed by atoms with E-state index < -0.39 is 0 Å². The second-order valence-corrected chi connectivity index (χ2v) is 6.81. The number of H-pyrrole nitrogens is 1. The molecule has 1 aromatic carbocycles. The lowest BCUT2D eigenvalue weighted by Crippen LogP contribution is -2.44. The number of nitrogens with zero attached hydrogens (tertiary/aromatic N) is 4. The van der Waals surface area contributed by atoms with Gasteiger partial charge >= 0.3 is 0 Å². The van der Waals surface area contributed by atoms with Crippen molar-refractivity contribution in [1.29, 1.82) is 5.26 Å². The van der Waals surface area contributed by atoms with E-state index in [1.807, 2.05) is 30.3 Å². The molecule has 2 aromatic heterocycles. The van der Waals surface area contributed by atoms with Crippen molar-refractivity contribution in [3.8, 4) is 6.07 Å². The fourth-order valence-corrected chi connectivity index (χ4v) is 3.44. The zero-order valence-corrected chi connectivity index (χ0v) is 14.9. The highest BCUT2D eigenvalue weighted by Crippen LogP contribution is 2.15. The van der Waals surface area contributed by atoms with E-state index in [1.54, 1.807) is 12.4 Å². The fourth-order valence-electron chi connectivity index (χ4n) is 3.44. The number of carbonyl (C=O) groups excluding carboxylic acids is 1. The molecule has 1 aliphatic rings. The maximum atomic E-state index is 12.5. The van der Waals surface area contributed by atoms with Gasteiger partial charge in [-0.2, -0.15) is 5.26 Å². The number of aromatic nitrogens is 3. The molecular weight excluding hydrogens is 340 g/mol. The van der Waals surface area contributed by atoms with Crippen molar-refractivity contribution in [3.63, 3.8) is 0 Å². The van der Waals surface area contributed by atoms with Crippen molar-refractivity contribution in [3.05, 3.63) is 59.5 Å². The highest BCUT2D eigenvalue weighted by molar-refractivity contribution is 5.94. The second kappa shape index (κ2) is 7.56. The molecule has 4 rings (SSSR count). The van der Waals surface area contributed by atoms with Crippen LogP contribution in [0.25, 0.3) is 11.2 Å². The summed E-state index contributed by atoms with van der Waals surface area (Å²) in [6.07, 6.45) is 3.37. The van der Waals surface area contributed by atoms with Crippen LogP contribution < -0.4 is 5.32 Å². The Bertz CT molecular complexity index is 997. The monoisotopic (exact) mass is 360 g/mol. The molecule has 3 heterocycles. The Morgan fingerprint density at radius 1 is 1.30 bits per heavy atom. The molecule has 0 saturated carbocycles. The summed E-state index contributed by atoms with van der Waals surface area (Å²) in [7, 11) is 0. The minimum Gasteiger partial charge on any atom is -0.348 e. The molecule has 0 bridgehead atoms. The van der Waals surface area contributed by atoms with E-state index in [1.165, 1.54) is 0 Å². The number of hydrogen-bond acceptors (Lipinski definition) is 5. The molecule has 0 unspecified atom stereocenters. The minimum atomic E-state index is -0.153.